The Labute approximate surface area is 141 Å². The lowest BCUT2D eigenvalue weighted by atomic mass is 9.77. The lowest BCUT2D eigenvalue weighted by Crippen LogP contribution is -2.23. The van der Waals surface area contributed by atoms with Crippen LogP contribution in [0.1, 0.15) is 37.1 Å². The van der Waals surface area contributed by atoms with Gasteiger partial charge in [0.05, 0.1) is 11.4 Å². The minimum atomic E-state index is 0.195. The Morgan fingerprint density at radius 3 is 2.17 bits per heavy atom. The summed E-state index contributed by atoms with van der Waals surface area (Å²) >= 11 is 0. The van der Waals surface area contributed by atoms with Crippen molar-refractivity contribution in [3.05, 3.63) is 47.1 Å². The molecule has 2 aliphatic carbocycles. The second kappa shape index (κ2) is 5.89. The van der Waals surface area contributed by atoms with Gasteiger partial charge in [-0.1, -0.05) is 0 Å². The SMILES string of the molecule is Cn1nccc1/C=C1\C(=O)/C(=C/c2ccnn2C)CCC1C1CC1. The predicted octanol–water partition coefficient (Wildman–Crippen LogP) is 3.01. The molecular formula is C19H22N4O. The van der Waals surface area contributed by atoms with Crippen LogP contribution in [0.4, 0.5) is 0 Å². The molecule has 0 bridgehead atoms. The van der Waals surface area contributed by atoms with Gasteiger partial charge < -0.3 is 0 Å². The van der Waals surface area contributed by atoms with Gasteiger partial charge in [-0.3, -0.25) is 14.2 Å². The number of hydrogen-bond acceptors (Lipinski definition) is 3. The van der Waals surface area contributed by atoms with E-state index in [2.05, 4.69) is 16.3 Å². The minimum absolute atomic E-state index is 0.195. The average Bonchev–Trinajstić information content (AvgIpc) is 3.21. The lowest BCUT2D eigenvalue weighted by Gasteiger charge is -2.26. The Morgan fingerprint density at radius 1 is 1.00 bits per heavy atom. The van der Waals surface area contributed by atoms with Crippen LogP contribution in [-0.2, 0) is 18.9 Å². The highest BCUT2D eigenvalue weighted by Crippen LogP contribution is 2.47. The molecule has 2 aromatic rings. The first-order valence-electron chi connectivity index (χ1n) is 8.56. The second-order valence-corrected chi connectivity index (χ2v) is 6.84. The third kappa shape index (κ3) is 2.75. The summed E-state index contributed by atoms with van der Waals surface area (Å²) in [6.45, 7) is 0. The van der Waals surface area contributed by atoms with Crippen LogP contribution in [0.2, 0.25) is 0 Å². The number of carbonyl (C=O) groups is 1. The minimum Gasteiger partial charge on any atom is -0.289 e. The fourth-order valence-corrected chi connectivity index (χ4v) is 3.62. The summed E-state index contributed by atoms with van der Waals surface area (Å²) in [4.78, 5) is 13.1. The zero-order valence-corrected chi connectivity index (χ0v) is 14.1. The fraction of sp³-hybridized carbons (Fsp3) is 0.421. The third-order valence-corrected chi connectivity index (χ3v) is 5.21. The second-order valence-electron chi connectivity index (χ2n) is 6.84. The van der Waals surface area contributed by atoms with E-state index in [9.17, 15) is 4.79 Å². The zero-order chi connectivity index (χ0) is 16.7. The fourth-order valence-electron chi connectivity index (χ4n) is 3.62. The largest absolute Gasteiger partial charge is 0.289 e. The number of ketones is 1. The van der Waals surface area contributed by atoms with Crippen LogP contribution in [-0.4, -0.2) is 25.3 Å². The number of allylic oxidation sites excluding steroid dienone is 2. The van der Waals surface area contributed by atoms with Gasteiger partial charge in [-0.25, -0.2) is 0 Å². The summed E-state index contributed by atoms with van der Waals surface area (Å²) in [6, 6.07) is 3.90. The Morgan fingerprint density at radius 2 is 1.62 bits per heavy atom. The predicted molar refractivity (Wildman–Crippen MR) is 92.8 cm³/mol. The van der Waals surface area contributed by atoms with Crippen LogP contribution in [0.15, 0.2) is 35.7 Å². The molecular weight excluding hydrogens is 300 g/mol. The highest BCUT2D eigenvalue weighted by molar-refractivity contribution is 6.14. The molecule has 0 saturated heterocycles. The van der Waals surface area contributed by atoms with E-state index in [0.717, 1.165) is 35.4 Å². The summed E-state index contributed by atoms with van der Waals surface area (Å²) in [5.74, 6) is 1.28. The molecule has 2 aliphatic rings. The Bertz CT molecular complexity index is 835. The molecule has 1 unspecified atom stereocenters. The highest BCUT2D eigenvalue weighted by Gasteiger charge is 2.39. The van der Waals surface area contributed by atoms with Crippen molar-refractivity contribution in [1.29, 1.82) is 0 Å². The molecule has 1 atom stereocenters. The van der Waals surface area contributed by atoms with Crippen molar-refractivity contribution in [1.82, 2.24) is 19.6 Å². The topological polar surface area (TPSA) is 52.7 Å². The van der Waals surface area contributed by atoms with E-state index in [1.807, 2.05) is 37.0 Å². The Kier molecular flexibility index (Phi) is 3.71. The van der Waals surface area contributed by atoms with Gasteiger partial charge in [0, 0.05) is 37.6 Å². The van der Waals surface area contributed by atoms with Crippen molar-refractivity contribution in [3.8, 4) is 0 Å². The summed E-state index contributed by atoms with van der Waals surface area (Å²) in [6.07, 6.45) is 12.0. The van der Waals surface area contributed by atoms with Gasteiger partial charge in [-0.15, -0.1) is 0 Å². The molecule has 0 aromatic carbocycles. The van der Waals surface area contributed by atoms with E-state index >= 15 is 0 Å². The normalized spacial score (nSPS) is 24.9. The molecule has 2 aromatic heterocycles. The van der Waals surface area contributed by atoms with Gasteiger partial charge in [0.1, 0.15) is 0 Å². The number of carbonyl (C=O) groups excluding carboxylic acids is 1. The van der Waals surface area contributed by atoms with Crippen LogP contribution in [0.3, 0.4) is 0 Å². The molecule has 2 heterocycles. The first-order chi connectivity index (χ1) is 11.6. The maximum atomic E-state index is 13.1. The van der Waals surface area contributed by atoms with Crippen molar-refractivity contribution in [3.63, 3.8) is 0 Å². The lowest BCUT2D eigenvalue weighted by molar-refractivity contribution is -0.113. The quantitative estimate of drug-likeness (QED) is 0.816. The van der Waals surface area contributed by atoms with Gasteiger partial charge in [0.25, 0.3) is 0 Å². The van der Waals surface area contributed by atoms with Gasteiger partial charge in [0.15, 0.2) is 5.78 Å². The number of aryl methyl sites for hydroxylation is 2. The van der Waals surface area contributed by atoms with Crippen molar-refractivity contribution in [2.45, 2.75) is 25.7 Å². The van der Waals surface area contributed by atoms with Crippen molar-refractivity contribution in [2.24, 2.45) is 25.9 Å². The number of Topliss-reactive ketones (excluding diaryl/α,β-unsaturated/α-hetero) is 1. The van der Waals surface area contributed by atoms with Gasteiger partial charge in [-0.2, -0.15) is 10.2 Å². The van der Waals surface area contributed by atoms with Gasteiger partial charge in [-0.05, 0) is 61.8 Å². The molecule has 0 spiro atoms. The van der Waals surface area contributed by atoms with Gasteiger partial charge >= 0.3 is 0 Å². The third-order valence-electron chi connectivity index (χ3n) is 5.21. The molecule has 0 N–H and O–H groups in total. The molecule has 2 fully saturated rings. The average molecular weight is 322 g/mol. The van der Waals surface area contributed by atoms with E-state index in [0.29, 0.717) is 11.8 Å². The zero-order valence-electron chi connectivity index (χ0n) is 14.1. The molecule has 0 aliphatic heterocycles. The monoisotopic (exact) mass is 322 g/mol. The van der Waals surface area contributed by atoms with Crippen LogP contribution < -0.4 is 0 Å². The molecule has 0 radical (unpaired) electrons. The molecule has 0 amide bonds. The Balaban J connectivity index is 1.71. The van der Waals surface area contributed by atoms with E-state index in [4.69, 9.17) is 0 Å². The maximum Gasteiger partial charge on any atom is 0.185 e. The van der Waals surface area contributed by atoms with Crippen LogP contribution in [0, 0.1) is 11.8 Å². The molecule has 124 valence electrons. The summed E-state index contributed by atoms with van der Waals surface area (Å²) in [5.41, 5.74) is 3.82. The number of nitrogens with zero attached hydrogens (tertiary/aromatic N) is 4. The van der Waals surface area contributed by atoms with Crippen LogP contribution >= 0.6 is 0 Å². The molecule has 2 saturated carbocycles. The molecule has 24 heavy (non-hydrogen) atoms. The first kappa shape index (κ1) is 15.1. The van der Waals surface area contributed by atoms with E-state index < -0.39 is 0 Å². The number of hydrogen-bond donors (Lipinski definition) is 0. The van der Waals surface area contributed by atoms with Crippen LogP contribution in [0.25, 0.3) is 12.2 Å². The first-order valence-corrected chi connectivity index (χ1v) is 8.56. The molecule has 5 heteroatoms. The summed E-state index contributed by atoms with van der Waals surface area (Å²) in [5, 5.41) is 8.40. The Hall–Kier alpha value is -2.43. The van der Waals surface area contributed by atoms with Crippen molar-refractivity contribution in [2.75, 3.05) is 0 Å². The number of aromatic nitrogens is 4. The molecule has 5 nitrogen and oxygen atoms in total. The summed E-state index contributed by atoms with van der Waals surface area (Å²) in [7, 11) is 3.82. The number of rotatable bonds is 3. The van der Waals surface area contributed by atoms with Crippen LogP contribution in [0.5, 0.6) is 0 Å². The van der Waals surface area contributed by atoms with Crippen molar-refractivity contribution < 1.29 is 4.79 Å². The van der Waals surface area contributed by atoms with E-state index in [1.54, 1.807) is 17.1 Å². The summed E-state index contributed by atoms with van der Waals surface area (Å²) < 4.78 is 3.63. The van der Waals surface area contributed by atoms with E-state index in [1.165, 1.54) is 12.8 Å². The van der Waals surface area contributed by atoms with E-state index in [-0.39, 0.29) is 5.78 Å². The van der Waals surface area contributed by atoms with Gasteiger partial charge in [0.2, 0.25) is 0 Å². The standard InChI is InChI=1S/C19H22N4O/c1-22-15(7-9-20-22)11-14-5-6-17(13-3-4-13)18(19(14)24)12-16-8-10-21-23(16)2/h7-13,17H,3-6H2,1-2H3/b14-11+,18-12-. The van der Waals surface area contributed by atoms with Crippen molar-refractivity contribution >= 4 is 17.9 Å². The maximum absolute atomic E-state index is 13.1. The smallest absolute Gasteiger partial charge is 0.185 e. The molecule has 4 rings (SSSR count). The highest BCUT2D eigenvalue weighted by atomic mass is 16.1.